The SMILES string of the molecule is CC1CC=C(C(=O)c2cccc(OC(C)C)c2)CC1. The molecule has 1 atom stereocenters. The van der Waals surface area contributed by atoms with Gasteiger partial charge in [-0.3, -0.25) is 4.79 Å². The predicted molar refractivity (Wildman–Crippen MR) is 77.6 cm³/mol. The maximum Gasteiger partial charge on any atom is 0.188 e. The number of rotatable bonds is 4. The minimum absolute atomic E-state index is 0.125. The fraction of sp³-hybridized carbons (Fsp3) is 0.471. The van der Waals surface area contributed by atoms with Gasteiger partial charge in [-0.15, -0.1) is 0 Å². The lowest BCUT2D eigenvalue weighted by molar-refractivity contribution is 0.102. The van der Waals surface area contributed by atoms with Crippen LogP contribution in [0.4, 0.5) is 0 Å². The Hall–Kier alpha value is -1.57. The Morgan fingerprint density at radius 1 is 1.37 bits per heavy atom. The van der Waals surface area contributed by atoms with Crippen LogP contribution in [0.25, 0.3) is 0 Å². The Labute approximate surface area is 115 Å². The van der Waals surface area contributed by atoms with Crippen molar-refractivity contribution in [3.63, 3.8) is 0 Å². The lowest BCUT2D eigenvalue weighted by atomic mass is 9.87. The largest absolute Gasteiger partial charge is 0.491 e. The number of hydrogen-bond acceptors (Lipinski definition) is 2. The summed E-state index contributed by atoms with van der Waals surface area (Å²) < 4.78 is 5.64. The van der Waals surface area contributed by atoms with Gasteiger partial charge in [0.2, 0.25) is 0 Å². The summed E-state index contributed by atoms with van der Waals surface area (Å²) in [7, 11) is 0. The smallest absolute Gasteiger partial charge is 0.188 e. The molecule has 1 unspecified atom stereocenters. The van der Waals surface area contributed by atoms with Gasteiger partial charge in [0.15, 0.2) is 5.78 Å². The molecule has 1 aromatic rings. The van der Waals surface area contributed by atoms with Crippen molar-refractivity contribution in [1.29, 1.82) is 0 Å². The number of carbonyl (C=O) groups is 1. The zero-order valence-electron chi connectivity index (χ0n) is 12.0. The highest BCUT2D eigenvalue weighted by atomic mass is 16.5. The van der Waals surface area contributed by atoms with Crippen LogP contribution in [-0.4, -0.2) is 11.9 Å². The second-order valence-electron chi connectivity index (χ2n) is 5.63. The van der Waals surface area contributed by atoms with Gasteiger partial charge in [-0.2, -0.15) is 0 Å². The molecule has 0 amide bonds. The zero-order chi connectivity index (χ0) is 13.8. The monoisotopic (exact) mass is 258 g/mol. The molecule has 1 aliphatic rings. The summed E-state index contributed by atoms with van der Waals surface area (Å²) in [6.45, 7) is 6.20. The second-order valence-corrected chi connectivity index (χ2v) is 5.63. The van der Waals surface area contributed by atoms with E-state index in [-0.39, 0.29) is 11.9 Å². The molecule has 19 heavy (non-hydrogen) atoms. The minimum atomic E-state index is 0.125. The fourth-order valence-corrected chi connectivity index (χ4v) is 2.34. The van der Waals surface area contributed by atoms with Gasteiger partial charge in [0, 0.05) is 5.56 Å². The summed E-state index contributed by atoms with van der Waals surface area (Å²) >= 11 is 0. The van der Waals surface area contributed by atoms with Crippen molar-refractivity contribution >= 4 is 5.78 Å². The maximum atomic E-state index is 12.4. The van der Waals surface area contributed by atoms with E-state index in [0.29, 0.717) is 5.92 Å². The van der Waals surface area contributed by atoms with Crippen molar-refractivity contribution in [2.24, 2.45) is 5.92 Å². The van der Waals surface area contributed by atoms with E-state index in [0.717, 1.165) is 36.1 Å². The summed E-state index contributed by atoms with van der Waals surface area (Å²) in [6.07, 6.45) is 5.25. The summed E-state index contributed by atoms with van der Waals surface area (Å²) in [5, 5.41) is 0. The third-order valence-electron chi connectivity index (χ3n) is 3.43. The van der Waals surface area contributed by atoms with Gasteiger partial charge in [0.05, 0.1) is 6.10 Å². The van der Waals surface area contributed by atoms with E-state index < -0.39 is 0 Å². The lowest BCUT2D eigenvalue weighted by Gasteiger charge is -2.17. The van der Waals surface area contributed by atoms with Crippen LogP contribution in [0.2, 0.25) is 0 Å². The Morgan fingerprint density at radius 2 is 2.16 bits per heavy atom. The molecule has 0 radical (unpaired) electrons. The maximum absolute atomic E-state index is 12.4. The van der Waals surface area contributed by atoms with Crippen LogP contribution in [0.15, 0.2) is 35.9 Å². The number of Topliss-reactive ketones (excluding diaryl/α,β-unsaturated/α-hetero) is 1. The number of benzene rings is 1. The molecule has 1 aromatic carbocycles. The zero-order valence-corrected chi connectivity index (χ0v) is 12.0. The third-order valence-corrected chi connectivity index (χ3v) is 3.43. The van der Waals surface area contributed by atoms with Crippen molar-refractivity contribution in [3.05, 3.63) is 41.5 Å². The molecule has 2 rings (SSSR count). The van der Waals surface area contributed by atoms with Crippen LogP contribution in [0.5, 0.6) is 5.75 Å². The summed E-state index contributed by atoms with van der Waals surface area (Å²) in [5.74, 6) is 1.62. The number of carbonyl (C=O) groups excluding carboxylic acids is 1. The van der Waals surface area contributed by atoms with Crippen molar-refractivity contribution in [2.45, 2.75) is 46.1 Å². The Balaban J connectivity index is 2.15. The quantitative estimate of drug-likeness (QED) is 0.748. The lowest BCUT2D eigenvalue weighted by Crippen LogP contribution is -2.11. The molecule has 102 valence electrons. The summed E-state index contributed by atoms with van der Waals surface area (Å²) in [4.78, 5) is 12.4. The summed E-state index contributed by atoms with van der Waals surface area (Å²) in [5.41, 5.74) is 1.69. The molecule has 0 aromatic heterocycles. The van der Waals surface area contributed by atoms with Crippen molar-refractivity contribution in [3.8, 4) is 5.75 Å². The molecule has 0 heterocycles. The molecule has 0 N–H and O–H groups in total. The van der Waals surface area contributed by atoms with E-state index in [9.17, 15) is 4.79 Å². The number of ketones is 1. The Kier molecular flexibility index (Phi) is 4.41. The standard InChI is InChI=1S/C17H22O2/c1-12(2)19-16-6-4-5-15(11-16)17(18)14-9-7-13(3)8-10-14/h4-6,9,11-13H,7-8,10H2,1-3H3. The van der Waals surface area contributed by atoms with Crippen LogP contribution < -0.4 is 4.74 Å². The van der Waals surface area contributed by atoms with Gasteiger partial charge in [-0.1, -0.05) is 25.1 Å². The van der Waals surface area contributed by atoms with Crippen molar-refractivity contribution in [2.75, 3.05) is 0 Å². The summed E-state index contributed by atoms with van der Waals surface area (Å²) in [6, 6.07) is 7.50. The molecular weight excluding hydrogens is 236 g/mol. The van der Waals surface area contributed by atoms with Crippen LogP contribution in [0.3, 0.4) is 0 Å². The van der Waals surface area contributed by atoms with E-state index in [1.165, 1.54) is 0 Å². The van der Waals surface area contributed by atoms with Gasteiger partial charge >= 0.3 is 0 Å². The minimum Gasteiger partial charge on any atom is -0.491 e. The van der Waals surface area contributed by atoms with Gasteiger partial charge in [0.25, 0.3) is 0 Å². The molecule has 0 saturated heterocycles. The Bertz CT molecular complexity index is 486. The van der Waals surface area contributed by atoms with Gasteiger partial charge < -0.3 is 4.74 Å². The van der Waals surface area contributed by atoms with Gasteiger partial charge in [-0.05, 0) is 56.7 Å². The molecule has 0 spiro atoms. The van der Waals surface area contributed by atoms with E-state index in [1.54, 1.807) is 0 Å². The topological polar surface area (TPSA) is 26.3 Å². The van der Waals surface area contributed by atoms with Gasteiger partial charge in [-0.25, -0.2) is 0 Å². The average Bonchev–Trinajstić information content (AvgIpc) is 2.38. The first-order chi connectivity index (χ1) is 9.06. The number of ether oxygens (including phenoxy) is 1. The highest BCUT2D eigenvalue weighted by Gasteiger charge is 2.17. The molecule has 1 aliphatic carbocycles. The average molecular weight is 258 g/mol. The van der Waals surface area contributed by atoms with E-state index in [4.69, 9.17) is 4.74 Å². The first-order valence-corrected chi connectivity index (χ1v) is 7.06. The first-order valence-electron chi connectivity index (χ1n) is 7.06. The van der Waals surface area contributed by atoms with Crippen LogP contribution >= 0.6 is 0 Å². The fourth-order valence-electron chi connectivity index (χ4n) is 2.34. The van der Waals surface area contributed by atoms with Gasteiger partial charge in [0.1, 0.15) is 5.75 Å². The molecule has 2 nitrogen and oxygen atoms in total. The van der Waals surface area contributed by atoms with Crippen LogP contribution in [0.1, 0.15) is 50.4 Å². The highest BCUT2D eigenvalue weighted by molar-refractivity contribution is 6.08. The molecule has 0 aliphatic heterocycles. The number of hydrogen-bond donors (Lipinski definition) is 0. The molecule has 2 heteroatoms. The van der Waals surface area contributed by atoms with E-state index in [1.807, 2.05) is 38.1 Å². The van der Waals surface area contributed by atoms with Crippen LogP contribution in [0, 0.1) is 5.92 Å². The molecular formula is C17H22O2. The van der Waals surface area contributed by atoms with Crippen molar-refractivity contribution in [1.82, 2.24) is 0 Å². The number of allylic oxidation sites excluding steroid dienone is 2. The first kappa shape index (κ1) is 13.9. The van der Waals surface area contributed by atoms with Crippen molar-refractivity contribution < 1.29 is 9.53 Å². The second kappa shape index (κ2) is 6.05. The van der Waals surface area contributed by atoms with Crippen LogP contribution in [-0.2, 0) is 0 Å². The van der Waals surface area contributed by atoms with E-state index >= 15 is 0 Å². The molecule has 0 saturated carbocycles. The normalized spacial score (nSPS) is 19.2. The molecule has 0 fully saturated rings. The molecule has 0 bridgehead atoms. The van der Waals surface area contributed by atoms with E-state index in [2.05, 4.69) is 13.0 Å². The Morgan fingerprint density at radius 3 is 2.79 bits per heavy atom. The highest BCUT2D eigenvalue weighted by Crippen LogP contribution is 2.26. The predicted octanol–water partition coefficient (Wildman–Crippen LogP) is 4.40. The third kappa shape index (κ3) is 3.69.